The molecule has 0 saturated carbocycles. The molecule has 0 N–H and O–H groups in total. The summed E-state index contributed by atoms with van der Waals surface area (Å²) in [6.45, 7) is 2.81. The third kappa shape index (κ3) is 3.73. The number of carbonyl (C=O) groups is 1. The van der Waals surface area contributed by atoms with Gasteiger partial charge in [0.2, 0.25) is 17.6 Å². The molecule has 1 fully saturated rings. The lowest BCUT2D eigenvalue weighted by atomic mass is 10.1. The minimum Gasteiger partial charge on any atom is -0.339 e. The third-order valence-corrected chi connectivity index (χ3v) is 6.64. The molecule has 1 saturated heterocycles. The van der Waals surface area contributed by atoms with Crippen LogP contribution in [-0.4, -0.2) is 32.5 Å². The zero-order chi connectivity index (χ0) is 20.5. The average molecular weight is 419 g/mol. The van der Waals surface area contributed by atoms with Gasteiger partial charge in [-0.05, 0) is 31.9 Å². The van der Waals surface area contributed by atoms with Crippen molar-refractivity contribution in [1.29, 1.82) is 0 Å². The normalized spacial score (nSPS) is 16.4. The highest BCUT2D eigenvalue weighted by atomic mass is 32.1. The number of fused-ring (bicyclic) bond motifs is 1. The number of carbonyl (C=O) groups excluding carboxylic acids is 1. The molecule has 6 nitrogen and oxygen atoms in total. The van der Waals surface area contributed by atoms with E-state index in [-0.39, 0.29) is 11.9 Å². The summed E-state index contributed by atoms with van der Waals surface area (Å²) in [5.74, 6) is 1.17. The number of rotatable bonds is 5. The van der Waals surface area contributed by atoms with Crippen molar-refractivity contribution in [3.8, 4) is 11.4 Å². The molecule has 0 aliphatic carbocycles. The van der Waals surface area contributed by atoms with Crippen LogP contribution in [0.4, 0.5) is 0 Å². The molecule has 4 aromatic rings. The maximum atomic E-state index is 12.9. The minimum absolute atomic E-state index is 0.0701. The first-order valence-electron chi connectivity index (χ1n) is 10.2. The number of nitrogens with zero attached hydrogens (tertiary/aromatic N) is 4. The SMILES string of the molecule is Cc1ccc(-c2noc(CCC(=O)N3CCC[C@@H]3c3nc4ccccc4s3)n2)cc1. The summed E-state index contributed by atoms with van der Waals surface area (Å²) < 4.78 is 6.54. The van der Waals surface area contributed by atoms with E-state index in [0.717, 1.165) is 35.5 Å². The fraction of sp³-hybridized carbons (Fsp3) is 0.304. The fourth-order valence-corrected chi connectivity index (χ4v) is 5.00. The van der Waals surface area contributed by atoms with Crippen LogP contribution in [0.15, 0.2) is 53.1 Å². The van der Waals surface area contributed by atoms with Gasteiger partial charge in [-0.3, -0.25) is 4.79 Å². The maximum absolute atomic E-state index is 12.9. The summed E-state index contributed by atoms with van der Waals surface area (Å²) in [6.07, 6.45) is 2.77. The standard InChI is InChI=1S/C23H22N4O2S/c1-15-8-10-16(11-9-15)22-25-20(29-26-22)12-13-21(28)27-14-4-6-18(27)23-24-17-5-2-3-7-19(17)30-23/h2-3,5,7-11,18H,4,6,12-14H2,1H3/t18-/m1/s1. The molecule has 3 heterocycles. The Morgan fingerprint density at radius 3 is 2.83 bits per heavy atom. The van der Waals surface area contributed by atoms with Crippen LogP contribution in [0.2, 0.25) is 0 Å². The van der Waals surface area contributed by atoms with Crippen molar-refractivity contribution in [2.24, 2.45) is 0 Å². The highest BCUT2D eigenvalue weighted by molar-refractivity contribution is 7.18. The highest BCUT2D eigenvalue weighted by Gasteiger charge is 2.32. The third-order valence-electron chi connectivity index (χ3n) is 5.50. The van der Waals surface area contributed by atoms with Gasteiger partial charge < -0.3 is 9.42 Å². The van der Waals surface area contributed by atoms with Crippen LogP contribution in [-0.2, 0) is 11.2 Å². The van der Waals surface area contributed by atoms with Crippen LogP contribution in [0.3, 0.4) is 0 Å². The Labute approximate surface area is 178 Å². The van der Waals surface area contributed by atoms with Gasteiger partial charge in [-0.25, -0.2) is 4.98 Å². The molecule has 1 aliphatic heterocycles. The lowest BCUT2D eigenvalue weighted by Gasteiger charge is -2.22. The lowest BCUT2D eigenvalue weighted by molar-refractivity contribution is -0.132. The molecule has 1 atom stereocenters. The number of para-hydroxylation sites is 1. The van der Waals surface area contributed by atoms with Crippen molar-refractivity contribution in [3.05, 3.63) is 65.0 Å². The van der Waals surface area contributed by atoms with E-state index >= 15 is 0 Å². The van der Waals surface area contributed by atoms with Gasteiger partial charge in [0.1, 0.15) is 5.01 Å². The molecular weight excluding hydrogens is 396 g/mol. The second-order valence-corrected chi connectivity index (χ2v) is 8.70. The molecule has 0 radical (unpaired) electrons. The molecule has 5 rings (SSSR count). The Morgan fingerprint density at radius 2 is 2.00 bits per heavy atom. The molecule has 7 heteroatoms. The van der Waals surface area contributed by atoms with Crippen molar-refractivity contribution in [1.82, 2.24) is 20.0 Å². The monoisotopic (exact) mass is 418 g/mol. The lowest BCUT2D eigenvalue weighted by Crippen LogP contribution is -2.30. The number of hydrogen-bond donors (Lipinski definition) is 0. The number of thiazole rings is 1. The Morgan fingerprint density at radius 1 is 1.17 bits per heavy atom. The molecule has 2 aromatic heterocycles. The number of aryl methyl sites for hydroxylation is 2. The number of benzene rings is 2. The zero-order valence-corrected chi connectivity index (χ0v) is 17.6. The molecule has 30 heavy (non-hydrogen) atoms. The second-order valence-electron chi connectivity index (χ2n) is 7.64. The van der Waals surface area contributed by atoms with Gasteiger partial charge in [0.25, 0.3) is 0 Å². The number of hydrogen-bond acceptors (Lipinski definition) is 6. The van der Waals surface area contributed by atoms with Gasteiger partial charge in [0.15, 0.2) is 0 Å². The molecule has 152 valence electrons. The number of aromatic nitrogens is 3. The first-order valence-corrected chi connectivity index (χ1v) is 11.0. The minimum atomic E-state index is 0.0701. The van der Waals surface area contributed by atoms with E-state index in [1.54, 1.807) is 11.3 Å². The first kappa shape index (κ1) is 18.9. The van der Waals surface area contributed by atoms with E-state index in [4.69, 9.17) is 9.51 Å². The van der Waals surface area contributed by atoms with E-state index in [2.05, 4.69) is 16.2 Å². The molecular formula is C23H22N4O2S. The van der Waals surface area contributed by atoms with Gasteiger partial charge in [-0.15, -0.1) is 11.3 Å². The van der Waals surface area contributed by atoms with E-state index in [9.17, 15) is 4.79 Å². The van der Waals surface area contributed by atoms with E-state index < -0.39 is 0 Å². The van der Waals surface area contributed by atoms with Gasteiger partial charge in [0, 0.05) is 24.9 Å². The summed E-state index contributed by atoms with van der Waals surface area (Å²) in [6, 6.07) is 16.2. The van der Waals surface area contributed by atoms with Crippen molar-refractivity contribution in [2.75, 3.05) is 6.54 Å². The fourth-order valence-electron chi connectivity index (χ4n) is 3.89. The Kier molecular flexibility index (Phi) is 5.04. The second kappa shape index (κ2) is 7.99. The highest BCUT2D eigenvalue weighted by Crippen LogP contribution is 2.36. The van der Waals surface area contributed by atoms with Crippen molar-refractivity contribution in [3.63, 3.8) is 0 Å². The van der Waals surface area contributed by atoms with Crippen LogP contribution >= 0.6 is 11.3 Å². The van der Waals surface area contributed by atoms with Crippen molar-refractivity contribution in [2.45, 2.75) is 38.6 Å². The zero-order valence-electron chi connectivity index (χ0n) is 16.7. The smallest absolute Gasteiger partial charge is 0.227 e. The van der Waals surface area contributed by atoms with E-state index in [1.165, 1.54) is 10.3 Å². The molecule has 2 aromatic carbocycles. The van der Waals surface area contributed by atoms with Gasteiger partial charge in [0.05, 0.1) is 16.3 Å². The molecule has 0 unspecified atom stereocenters. The van der Waals surface area contributed by atoms with Crippen LogP contribution in [0.5, 0.6) is 0 Å². The summed E-state index contributed by atoms with van der Waals surface area (Å²) in [5.41, 5.74) is 3.10. The quantitative estimate of drug-likeness (QED) is 0.458. The van der Waals surface area contributed by atoms with Crippen LogP contribution < -0.4 is 0 Å². The summed E-state index contributed by atoms with van der Waals surface area (Å²) in [4.78, 5) is 24.1. The molecule has 0 bridgehead atoms. The van der Waals surface area contributed by atoms with Gasteiger partial charge in [-0.2, -0.15) is 4.98 Å². The summed E-state index contributed by atoms with van der Waals surface area (Å²) in [7, 11) is 0. The largest absolute Gasteiger partial charge is 0.339 e. The Hall–Kier alpha value is -3.06. The maximum Gasteiger partial charge on any atom is 0.227 e. The topological polar surface area (TPSA) is 72.1 Å². The predicted octanol–water partition coefficient (Wildman–Crippen LogP) is 4.95. The van der Waals surface area contributed by atoms with E-state index in [0.29, 0.717) is 24.6 Å². The molecule has 0 spiro atoms. The van der Waals surface area contributed by atoms with Crippen LogP contribution in [0.1, 0.15) is 41.8 Å². The Bertz CT molecular complexity index is 1150. The average Bonchev–Trinajstić information content (AvgIpc) is 3.51. The number of likely N-dealkylation sites (tertiary alicyclic amines) is 1. The van der Waals surface area contributed by atoms with Gasteiger partial charge >= 0.3 is 0 Å². The number of amides is 1. The van der Waals surface area contributed by atoms with Gasteiger partial charge in [-0.1, -0.05) is 47.1 Å². The predicted molar refractivity (Wildman–Crippen MR) is 116 cm³/mol. The van der Waals surface area contributed by atoms with Crippen LogP contribution in [0.25, 0.3) is 21.6 Å². The first-order chi connectivity index (χ1) is 14.7. The summed E-state index contributed by atoms with van der Waals surface area (Å²) >= 11 is 1.69. The van der Waals surface area contributed by atoms with Crippen LogP contribution in [0, 0.1) is 6.92 Å². The Balaban J connectivity index is 1.25. The summed E-state index contributed by atoms with van der Waals surface area (Å²) in [5, 5.41) is 5.09. The van der Waals surface area contributed by atoms with Crippen molar-refractivity contribution >= 4 is 27.5 Å². The molecule has 1 amide bonds. The molecule has 1 aliphatic rings. The van der Waals surface area contributed by atoms with E-state index in [1.807, 2.05) is 54.3 Å². The van der Waals surface area contributed by atoms with Crippen molar-refractivity contribution < 1.29 is 9.32 Å².